The molecule has 0 aromatic carbocycles. The van der Waals surface area contributed by atoms with E-state index in [1.807, 2.05) is 0 Å². The van der Waals surface area contributed by atoms with Gasteiger partial charge in [0, 0.05) is 22.9 Å². The highest BCUT2D eigenvalue weighted by Gasteiger charge is 2.12. The van der Waals surface area contributed by atoms with Gasteiger partial charge in [0.15, 0.2) is 0 Å². The molecule has 0 saturated carbocycles. The van der Waals surface area contributed by atoms with Crippen molar-refractivity contribution in [1.82, 2.24) is 3.53 Å². The molecule has 48 valence electrons. The number of carboxylic acid groups (broad SMARTS) is 1. The Bertz CT molecular complexity index is 82.6. The zero-order valence-electron chi connectivity index (χ0n) is 3.97. The van der Waals surface area contributed by atoms with Crippen molar-refractivity contribution in [2.45, 2.75) is 6.04 Å². The molecule has 0 saturated heterocycles. The van der Waals surface area contributed by atoms with E-state index in [0.29, 0.717) is 0 Å². The van der Waals surface area contributed by atoms with Gasteiger partial charge in [-0.25, -0.2) is 3.53 Å². The van der Waals surface area contributed by atoms with Gasteiger partial charge < -0.3 is 10.2 Å². The quantitative estimate of drug-likeness (QED) is 0.446. The Kier molecular flexibility index (Phi) is 4.11. The van der Waals surface area contributed by atoms with Gasteiger partial charge in [-0.1, -0.05) is 0 Å². The monoisotopic (exact) mass is 231 g/mol. The summed E-state index contributed by atoms with van der Waals surface area (Å²) in [6.07, 6.45) is 0. The number of rotatable bonds is 3. The van der Waals surface area contributed by atoms with Gasteiger partial charge in [-0.2, -0.15) is 0 Å². The minimum atomic E-state index is -1.04. The SMILES string of the molecule is O=C(O)[C@H](CO)NI. The second-order valence-electron chi connectivity index (χ2n) is 1.18. The topological polar surface area (TPSA) is 69.6 Å². The highest BCUT2D eigenvalue weighted by atomic mass is 127. The average molecular weight is 231 g/mol. The van der Waals surface area contributed by atoms with E-state index in [2.05, 4.69) is 3.53 Å². The molecule has 0 heterocycles. The lowest BCUT2D eigenvalue weighted by atomic mass is 10.3. The number of hydrogen-bond donors (Lipinski definition) is 3. The van der Waals surface area contributed by atoms with Gasteiger partial charge in [0.2, 0.25) is 0 Å². The summed E-state index contributed by atoms with van der Waals surface area (Å²) in [4.78, 5) is 9.93. The summed E-state index contributed by atoms with van der Waals surface area (Å²) in [5, 5.41) is 16.4. The fourth-order valence-electron chi connectivity index (χ4n) is 0.159. The highest BCUT2D eigenvalue weighted by molar-refractivity contribution is 14.1. The van der Waals surface area contributed by atoms with Crippen molar-refractivity contribution >= 4 is 28.8 Å². The molecule has 1 atom stereocenters. The van der Waals surface area contributed by atoms with Crippen LogP contribution >= 0.6 is 22.9 Å². The molecule has 3 N–H and O–H groups in total. The van der Waals surface area contributed by atoms with E-state index in [1.165, 1.54) is 0 Å². The molecule has 0 aromatic rings. The Morgan fingerprint density at radius 2 is 2.38 bits per heavy atom. The van der Waals surface area contributed by atoms with Crippen LogP contribution in [-0.2, 0) is 4.79 Å². The van der Waals surface area contributed by atoms with Gasteiger partial charge in [0.05, 0.1) is 6.61 Å². The molecular formula is C3H6INO3. The molecule has 0 aliphatic rings. The molecule has 0 fully saturated rings. The van der Waals surface area contributed by atoms with Crippen LogP contribution in [0.1, 0.15) is 0 Å². The smallest absolute Gasteiger partial charge is 0.323 e. The van der Waals surface area contributed by atoms with Crippen LogP contribution in [0.3, 0.4) is 0 Å². The number of aliphatic hydroxyl groups is 1. The molecular weight excluding hydrogens is 225 g/mol. The van der Waals surface area contributed by atoms with Crippen molar-refractivity contribution in [3.63, 3.8) is 0 Å². The zero-order chi connectivity index (χ0) is 6.57. The van der Waals surface area contributed by atoms with Crippen molar-refractivity contribution in [2.24, 2.45) is 0 Å². The Balaban J connectivity index is 3.52. The van der Waals surface area contributed by atoms with Gasteiger partial charge >= 0.3 is 5.97 Å². The normalized spacial score (nSPS) is 13.2. The van der Waals surface area contributed by atoms with Crippen LogP contribution in [0, 0.1) is 0 Å². The molecule has 8 heavy (non-hydrogen) atoms. The summed E-state index contributed by atoms with van der Waals surface area (Å²) < 4.78 is 2.37. The maximum atomic E-state index is 9.93. The summed E-state index contributed by atoms with van der Waals surface area (Å²) in [7, 11) is 0. The average Bonchev–Trinajstić information content (AvgIpc) is 1.69. The molecule has 0 radical (unpaired) electrons. The van der Waals surface area contributed by atoms with Crippen molar-refractivity contribution in [3.8, 4) is 0 Å². The second kappa shape index (κ2) is 4.04. The minimum absolute atomic E-state index is 0.377. The van der Waals surface area contributed by atoms with Gasteiger partial charge in [-0.3, -0.25) is 4.79 Å². The first-order valence-corrected chi connectivity index (χ1v) is 3.00. The van der Waals surface area contributed by atoms with Gasteiger partial charge in [-0.15, -0.1) is 0 Å². The van der Waals surface area contributed by atoms with Crippen molar-refractivity contribution in [3.05, 3.63) is 0 Å². The first-order chi connectivity index (χ1) is 3.72. The first kappa shape index (κ1) is 8.12. The molecule has 0 aromatic heterocycles. The largest absolute Gasteiger partial charge is 0.480 e. The van der Waals surface area contributed by atoms with Crippen molar-refractivity contribution in [1.29, 1.82) is 0 Å². The van der Waals surface area contributed by atoms with Crippen molar-refractivity contribution in [2.75, 3.05) is 6.61 Å². The fraction of sp³-hybridized carbons (Fsp3) is 0.667. The molecule has 0 bridgehead atoms. The Hall–Kier alpha value is 0.120. The van der Waals surface area contributed by atoms with E-state index >= 15 is 0 Å². The third-order valence-electron chi connectivity index (χ3n) is 0.612. The predicted molar refractivity (Wildman–Crippen MR) is 35.7 cm³/mol. The van der Waals surface area contributed by atoms with Crippen LogP contribution in [0.15, 0.2) is 0 Å². The Morgan fingerprint density at radius 1 is 1.88 bits per heavy atom. The molecule has 0 aliphatic heterocycles. The van der Waals surface area contributed by atoms with Crippen LogP contribution in [0.5, 0.6) is 0 Å². The summed E-state index contributed by atoms with van der Waals surface area (Å²) in [5.41, 5.74) is 0. The number of carboxylic acids is 1. The van der Waals surface area contributed by atoms with Crippen LogP contribution in [0.25, 0.3) is 0 Å². The third-order valence-corrected chi connectivity index (χ3v) is 1.36. The van der Waals surface area contributed by atoms with E-state index in [-0.39, 0.29) is 6.61 Å². The van der Waals surface area contributed by atoms with E-state index in [1.54, 1.807) is 22.9 Å². The number of aliphatic hydroxyl groups excluding tert-OH is 1. The molecule has 0 amide bonds. The molecule has 0 aliphatic carbocycles. The molecule has 0 spiro atoms. The minimum Gasteiger partial charge on any atom is -0.480 e. The number of nitrogens with one attached hydrogen (secondary N) is 1. The van der Waals surface area contributed by atoms with E-state index in [0.717, 1.165) is 0 Å². The van der Waals surface area contributed by atoms with Gasteiger partial charge in [0.25, 0.3) is 0 Å². The molecule has 4 nitrogen and oxygen atoms in total. The van der Waals surface area contributed by atoms with Gasteiger partial charge in [0.1, 0.15) is 6.04 Å². The summed E-state index contributed by atoms with van der Waals surface area (Å²) in [6.45, 7) is -0.377. The van der Waals surface area contributed by atoms with Crippen LogP contribution < -0.4 is 3.53 Å². The lowest BCUT2D eigenvalue weighted by molar-refractivity contribution is -0.139. The van der Waals surface area contributed by atoms with Crippen LogP contribution in [-0.4, -0.2) is 28.8 Å². The zero-order valence-corrected chi connectivity index (χ0v) is 6.12. The number of aliphatic carboxylic acids is 1. The lowest BCUT2D eigenvalue weighted by Gasteiger charge is -2.02. The van der Waals surface area contributed by atoms with Gasteiger partial charge in [-0.05, 0) is 0 Å². The van der Waals surface area contributed by atoms with E-state index in [4.69, 9.17) is 10.2 Å². The molecule has 5 heteroatoms. The Morgan fingerprint density at radius 3 is 2.38 bits per heavy atom. The summed E-state index contributed by atoms with van der Waals surface area (Å²) in [5.74, 6) is -1.04. The number of carbonyl (C=O) groups is 1. The number of halogens is 1. The summed E-state index contributed by atoms with van der Waals surface area (Å²) >= 11 is 1.67. The van der Waals surface area contributed by atoms with E-state index in [9.17, 15) is 4.79 Å². The summed E-state index contributed by atoms with van der Waals surface area (Å²) in [6, 6.07) is -0.837. The van der Waals surface area contributed by atoms with E-state index < -0.39 is 12.0 Å². The molecule has 0 unspecified atom stereocenters. The Labute approximate surface area is 60.4 Å². The second-order valence-corrected chi connectivity index (χ2v) is 1.81. The maximum Gasteiger partial charge on any atom is 0.323 e. The lowest BCUT2D eigenvalue weighted by Crippen LogP contribution is -2.33. The molecule has 0 rings (SSSR count). The van der Waals surface area contributed by atoms with Crippen molar-refractivity contribution < 1.29 is 15.0 Å². The number of hydrogen-bond acceptors (Lipinski definition) is 3. The fourth-order valence-corrected chi connectivity index (χ4v) is 0.623. The highest BCUT2D eigenvalue weighted by Crippen LogP contribution is 1.83. The maximum absolute atomic E-state index is 9.93. The first-order valence-electron chi connectivity index (χ1n) is 1.92. The predicted octanol–water partition coefficient (Wildman–Crippen LogP) is -0.629. The van der Waals surface area contributed by atoms with Crippen LogP contribution in [0.2, 0.25) is 0 Å². The third kappa shape index (κ3) is 2.43. The van der Waals surface area contributed by atoms with Crippen LogP contribution in [0.4, 0.5) is 0 Å². The standard InChI is InChI=1S/C3H6INO3/c4-5-2(1-6)3(7)8/h2,5-6H,1H2,(H,7,8)/t2-/m0/s1.